The molecule has 6 nitrogen and oxygen atoms in total. The quantitative estimate of drug-likeness (QED) is 0.728. The van der Waals surface area contributed by atoms with Crippen molar-refractivity contribution >= 4 is 23.2 Å². The van der Waals surface area contributed by atoms with Crippen LogP contribution in [0, 0.1) is 12.7 Å². The summed E-state index contributed by atoms with van der Waals surface area (Å²) >= 11 is 0. The molecule has 0 fully saturated rings. The second-order valence-electron chi connectivity index (χ2n) is 5.51. The number of halogens is 1. The van der Waals surface area contributed by atoms with Gasteiger partial charge in [0.15, 0.2) is 0 Å². The maximum Gasteiger partial charge on any atom is 0.274 e. The number of nitrogens with zero attached hydrogens (tertiary/aromatic N) is 2. The largest absolute Gasteiger partial charge is 0.497 e. The van der Waals surface area contributed by atoms with Crippen molar-refractivity contribution in [3.05, 3.63) is 71.8 Å². The molecule has 1 heterocycles. The number of carbonyl (C=O) groups excluding carboxylic acids is 1. The van der Waals surface area contributed by atoms with Crippen LogP contribution in [-0.4, -0.2) is 23.0 Å². The zero-order valence-corrected chi connectivity index (χ0v) is 14.3. The number of anilines is 3. The van der Waals surface area contributed by atoms with Crippen molar-refractivity contribution in [3.8, 4) is 5.75 Å². The Morgan fingerprint density at radius 3 is 2.50 bits per heavy atom. The molecule has 3 aromatic rings. The lowest BCUT2D eigenvalue weighted by Crippen LogP contribution is -2.15. The molecule has 0 radical (unpaired) electrons. The summed E-state index contributed by atoms with van der Waals surface area (Å²) in [6.45, 7) is 1.73. The maximum atomic E-state index is 13.8. The molecule has 0 atom stereocenters. The Morgan fingerprint density at radius 1 is 1.08 bits per heavy atom. The summed E-state index contributed by atoms with van der Waals surface area (Å²) in [5.41, 5.74) is 1.60. The molecule has 0 saturated carbocycles. The van der Waals surface area contributed by atoms with Crippen LogP contribution in [0.4, 0.5) is 21.7 Å². The molecule has 0 aliphatic carbocycles. The zero-order valence-electron chi connectivity index (χ0n) is 14.3. The Hall–Kier alpha value is -3.48. The second kappa shape index (κ2) is 7.60. The maximum absolute atomic E-state index is 13.8. The number of rotatable bonds is 5. The number of carbonyl (C=O) groups is 1. The first-order valence-electron chi connectivity index (χ1n) is 7.88. The van der Waals surface area contributed by atoms with E-state index in [-0.39, 0.29) is 17.3 Å². The topological polar surface area (TPSA) is 76.1 Å². The lowest BCUT2D eigenvalue weighted by atomic mass is 10.2. The van der Waals surface area contributed by atoms with E-state index in [0.29, 0.717) is 17.1 Å². The summed E-state index contributed by atoms with van der Waals surface area (Å²) in [5.74, 6) is 0.0197. The van der Waals surface area contributed by atoms with Gasteiger partial charge in [-0.3, -0.25) is 4.79 Å². The summed E-state index contributed by atoms with van der Waals surface area (Å²) < 4.78 is 18.9. The summed E-state index contributed by atoms with van der Waals surface area (Å²) in [7, 11) is 1.57. The van der Waals surface area contributed by atoms with Crippen LogP contribution < -0.4 is 15.4 Å². The van der Waals surface area contributed by atoms with Gasteiger partial charge in [0.2, 0.25) is 5.95 Å². The molecule has 0 aliphatic heterocycles. The Labute approximate surface area is 150 Å². The van der Waals surface area contributed by atoms with Gasteiger partial charge in [-0.1, -0.05) is 12.1 Å². The molecule has 0 unspecified atom stereocenters. The second-order valence-corrected chi connectivity index (χ2v) is 5.51. The number of aromatic nitrogens is 2. The minimum absolute atomic E-state index is 0.148. The van der Waals surface area contributed by atoms with E-state index < -0.39 is 11.7 Å². The SMILES string of the molecule is COc1ccc(NC(=O)c2cc(C)nc(Nc3ccccc3F)n2)cc1. The summed E-state index contributed by atoms with van der Waals surface area (Å²) in [4.78, 5) is 20.8. The number of methoxy groups -OCH3 is 1. The highest BCUT2D eigenvalue weighted by Crippen LogP contribution is 2.19. The van der Waals surface area contributed by atoms with Gasteiger partial charge in [0.1, 0.15) is 17.3 Å². The van der Waals surface area contributed by atoms with Gasteiger partial charge in [-0.2, -0.15) is 0 Å². The van der Waals surface area contributed by atoms with Crippen molar-refractivity contribution in [2.24, 2.45) is 0 Å². The standard InChI is InChI=1S/C19H17FN4O2/c1-12-11-17(18(25)22-13-7-9-14(26-2)10-8-13)24-19(21-12)23-16-6-4-3-5-15(16)20/h3-11H,1-2H3,(H,22,25)(H,21,23,24). The van der Waals surface area contributed by atoms with E-state index in [1.165, 1.54) is 6.07 Å². The molecule has 7 heteroatoms. The van der Waals surface area contributed by atoms with Crippen LogP contribution in [0.1, 0.15) is 16.2 Å². The van der Waals surface area contributed by atoms with E-state index >= 15 is 0 Å². The predicted molar refractivity (Wildman–Crippen MR) is 97.4 cm³/mol. The molecule has 2 N–H and O–H groups in total. The van der Waals surface area contributed by atoms with Crippen molar-refractivity contribution < 1.29 is 13.9 Å². The van der Waals surface area contributed by atoms with E-state index in [9.17, 15) is 9.18 Å². The molecule has 26 heavy (non-hydrogen) atoms. The highest BCUT2D eigenvalue weighted by Gasteiger charge is 2.12. The third-order valence-electron chi connectivity index (χ3n) is 3.56. The fourth-order valence-corrected chi connectivity index (χ4v) is 2.29. The molecular formula is C19H17FN4O2. The lowest BCUT2D eigenvalue weighted by Gasteiger charge is -2.10. The number of hydrogen-bond donors (Lipinski definition) is 2. The minimum Gasteiger partial charge on any atom is -0.497 e. The van der Waals surface area contributed by atoms with Crippen molar-refractivity contribution in [1.82, 2.24) is 9.97 Å². The first-order valence-corrected chi connectivity index (χ1v) is 7.88. The number of nitrogens with one attached hydrogen (secondary N) is 2. The average Bonchev–Trinajstić information content (AvgIpc) is 2.64. The summed E-state index contributed by atoms with van der Waals surface area (Å²) in [5, 5.41) is 5.55. The van der Waals surface area contributed by atoms with E-state index in [1.54, 1.807) is 62.6 Å². The Balaban J connectivity index is 1.80. The molecule has 3 rings (SSSR count). The molecule has 0 spiro atoms. The van der Waals surface area contributed by atoms with Gasteiger partial charge in [-0.05, 0) is 49.4 Å². The number of hydrogen-bond acceptors (Lipinski definition) is 5. The van der Waals surface area contributed by atoms with Gasteiger partial charge < -0.3 is 15.4 Å². The molecule has 1 amide bonds. The normalized spacial score (nSPS) is 10.3. The van der Waals surface area contributed by atoms with Gasteiger partial charge in [0.05, 0.1) is 12.8 Å². The van der Waals surface area contributed by atoms with Gasteiger partial charge in [-0.15, -0.1) is 0 Å². The van der Waals surface area contributed by atoms with Crippen molar-refractivity contribution in [2.75, 3.05) is 17.7 Å². The van der Waals surface area contributed by atoms with Crippen LogP contribution >= 0.6 is 0 Å². The van der Waals surface area contributed by atoms with Gasteiger partial charge in [0, 0.05) is 11.4 Å². The lowest BCUT2D eigenvalue weighted by molar-refractivity contribution is 0.102. The zero-order chi connectivity index (χ0) is 18.5. The molecule has 1 aromatic heterocycles. The van der Waals surface area contributed by atoms with Crippen molar-refractivity contribution in [2.45, 2.75) is 6.92 Å². The first-order chi connectivity index (χ1) is 12.5. The Kier molecular flexibility index (Phi) is 5.07. The molecular weight excluding hydrogens is 335 g/mol. The predicted octanol–water partition coefficient (Wildman–Crippen LogP) is 3.93. The van der Waals surface area contributed by atoms with Gasteiger partial charge >= 0.3 is 0 Å². The van der Waals surface area contributed by atoms with Crippen molar-refractivity contribution in [3.63, 3.8) is 0 Å². The molecule has 0 bridgehead atoms. The molecule has 2 aromatic carbocycles. The Morgan fingerprint density at radius 2 is 1.81 bits per heavy atom. The number of benzene rings is 2. The fraction of sp³-hybridized carbons (Fsp3) is 0.105. The highest BCUT2D eigenvalue weighted by molar-refractivity contribution is 6.03. The Bertz CT molecular complexity index is 929. The van der Waals surface area contributed by atoms with Crippen LogP contribution in [0.5, 0.6) is 5.75 Å². The van der Waals surface area contributed by atoms with Crippen LogP contribution in [-0.2, 0) is 0 Å². The number of aryl methyl sites for hydroxylation is 1. The molecule has 132 valence electrons. The first kappa shape index (κ1) is 17.3. The van der Waals surface area contributed by atoms with Crippen LogP contribution in [0.25, 0.3) is 0 Å². The van der Waals surface area contributed by atoms with Gasteiger partial charge in [0.25, 0.3) is 5.91 Å². The van der Waals surface area contributed by atoms with Gasteiger partial charge in [-0.25, -0.2) is 14.4 Å². The molecule has 0 aliphatic rings. The third kappa shape index (κ3) is 4.13. The molecule has 0 saturated heterocycles. The minimum atomic E-state index is -0.429. The smallest absolute Gasteiger partial charge is 0.274 e. The van der Waals surface area contributed by atoms with E-state index in [4.69, 9.17) is 4.74 Å². The number of amides is 1. The van der Waals surface area contributed by atoms with E-state index in [1.807, 2.05) is 0 Å². The number of ether oxygens (including phenoxy) is 1. The summed E-state index contributed by atoms with van der Waals surface area (Å²) in [6.07, 6.45) is 0. The van der Waals surface area contributed by atoms with Crippen molar-refractivity contribution in [1.29, 1.82) is 0 Å². The third-order valence-corrected chi connectivity index (χ3v) is 3.56. The average molecular weight is 352 g/mol. The van der Waals surface area contributed by atoms with E-state index in [0.717, 1.165) is 0 Å². The van der Waals surface area contributed by atoms with Crippen LogP contribution in [0.2, 0.25) is 0 Å². The summed E-state index contributed by atoms with van der Waals surface area (Å²) in [6, 6.07) is 14.7. The van der Waals surface area contributed by atoms with Crippen LogP contribution in [0.3, 0.4) is 0 Å². The van der Waals surface area contributed by atoms with Crippen LogP contribution in [0.15, 0.2) is 54.6 Å². The number of para-hydroxylation sites is 1. The highest BCUT2D eigenvalue weighted by atomic mass is 19.1. The van der Waals surface area contributed by atoms with E-state index in [2.05, 4.69) is 20.6 Å². The fourth-order valence-electron chi connectivity index (χ4n) is 2.29. The monoisotopic (exact) mass is 352 g/mol.